The van der Waals surface area contributed by atoms with Crippen LogP contribution in [0, 0.1) is 5.92 Å². The topological polar surface area (TPSA) is 63.1 Å². The third kappa shape index (κ3) is 4.65. The van der Waals surface area contributed by atoms with E-state index in [-0.39, 0.29) is 5.91 Å². The molecule has 6 heteroatoms. The molecule has 2 aromatic heterocycles. The number of hydrogen-bond donors (Lipinski definition) is 1. The predicted molar refractivity (Wildman–Crippen MR) is 132 cm³/mol. The highest BCUT2D eigenvalue weighted by atomic mass is 16.1. The van der Waals surface area contributed by atoms with Crippen LogP contribution in [0.25, 0.3) is 16.9 Å². The Labute approximate surface area is 193 Å². The van der Waals surface area contributed by atoms with Crippen LogP contribution in [0.1, 0.15) is 30.1 Å². The number of nitrogens with zero attached hydrogens (tertiary/aromatic N) is 4. The number of carbonyl (C=O) groups excluding carboxylic acids is 1. The van der Waals surface area contributed by atoms with E-state index in [4.69, 9.17) is 5.10 Å². The van der Waals surface area contributed by atoms with Crippen LogP contribution in [0.2, 0.25) is 0 Å². The molecule has 1 aliphatic heterocycles. The fourth-order valence-corrected chi connectivity index (χ4v) is 4.19. The van der Waals surface area contributed by atoms with Crippen molar-refractivity contribution in [3.05, 3.63) is 90.9 Å². The van der Waals surface area contributed by atoms with E-state index in [1.807, 2.05) is 54.6 Å². The molecule has 3 heterocycles. The fraction of sp³-hybridized carbons (Fsp3) is 0.222. The van der Waals surface area contributed by atoms with E-state index in [0.717, 1.165) is 35.9 Å². The van der Waals surface area contributed by atoms with Crippen molar-refractivity contribution in [1.29, 1.82) is 0 Å². The molecule has 0 saturated carbocycles. The average molecular weight is 438 g/mol. The van der Waals surface area contributed by atoms with Gasteiger partial charge >= 0.3 is 0 Å². The first-order chi connectivity index (χ1) is 16.2. The lowest BCUT2D eigenvalue weighted by molar-refractivity contribution is 0.102. The highest BCUT2D eigenvalue weighted by Gasteiger charge is 2.20. The Balaban J connectivity index is 1.39. The van der Waals surface area contributed by atoms with Gasteiger partial charge in [-0.15, -0.1) is 0 Å². The number of amides is 1. The van der Waals surface area contributed by atoms with Gasteiger partial charge in [0.05, 0.1) is 11.3 Å². The number of piperidine rings is 1. The summed E-state index contributed by atoms with van der Waals surface area (Å²) < 4.78 is 1.73. The zero-order valence-corrected chi connectivity index (χ0v) is 18.7. The molecule has 1 N–H and O–H groups in total. The second-order valence-electron chi connectivity index (χ2n) is 8.58. The fourth-order valence-electron chi connectivity index (χ4n) is 4.19. The number of rotatable bonds is 5. The summed E-state index contributed by atoms with van der Waals surface area (Å²) in [5.74, 6) is 0.598. The summed E-state index contributed by atoms with van der Waals surface area (Å²) in [5.41, 5.74) is 4.75. The Hall–Kier alpha value is -3.93. The molecule has 2 aromatic carbocycles. The van der Waals surface area contributed by atoms with Crippen LogP contribution in [0.4, 0.5) is 11.4 Å². The molecule has 0 bridgehead atoms. The molecule has 4 aromatic rings. The zero-order chi connectivity index (χ0) is 22.6. The second kappa shape index (κ2) is 9.28. The van der Waals surface area contributed by atoms with Crippen LogP contribution >= 0.6 is 0 Å². The number of hydrogen-bond acceptors (Lipinski definition) is 4. The highest BCUT2D eigenvalue weighted by Crippen LogP contribution is 2.26. The van der Waals surface area contributed by atoms with Crippen molar-refractivity contribution >= 4 is 17.3 Å². The normalized spacial score (nSPS) is 14.3. The lowest BCUT2D eigenvalue weighted by Gasteiger charge is -2.32. The minimum Gasteiger partial charge on any atom is -0.372 e. The van der Waals surface area contributed by atoms with Crippen molar-refractivity contribution < 1.29 is 4.79 Å². The molecule has 0 unspecified atom stereocenters. The SMILES string of the molecule is CC1CCN(c2ccc(NC(=O)c3cn(-c4ccccc4)nc3-c3cccnc3)cc2)CC1. The lowest BCUT2D eigenvalue weighted by Crippen LogP contribution is -2.32. The third-order valence-electron chi connectivity index (χ3n) is 6.19. The smallest absolute Gasteiger partial charge is 0.259 e. The number of carbonyl (C=O) groups is 1. The second-order valence-corrected chi connectivity index (χ2v) is 8.58. The van der Waals surface area contributed by atoms with E-state index < -0.39 is 0 Å². The molecule has 33 heavy (non-hydrogen) atoms. The van der Waals surface area contributed by atoms with Gasteiger partial charge in [-0.05, 0) is 67.3 Å². The predicted octanol–water partition coefficient (Wildman–Crippen LogP) is 5.42. The Morgan fingerprint density at radius 3 is 2.39 bits per heavy atom. The molecule has 1 fully saturated rings. The van der Waals surface area contributed by atoms with Gasteiger partial charge in [0.25, 0.3) is 5.91 Å². The van der Waals surface area contributed by atoms with Crippen LogP contribution in [-0.4, -0.2) is 33.8 Å². The number of para-hydroxylation sites is 1. The quantitative estimate of drug-likeness (QED) is 0.453. The van der Waals surface area contributed by atoms with E-state index in [9.17, 15) is 4.79 Å². The lowest BCUT2D eigenvalue weighted by atomic mass is 9.99. The van der Waals surface area contributed by atoms with Crippen LogP contribution in [0.5, 0.6) is 0 Å². The summed E-state index contributed by atoms with van der Waals surface area (Å²) in [4.78, 5) is 19.9. The minimum atomic E-state index is -0.199. The van der Waals surface area contributed by atoms with E-state index in [1.165, 1.54) is 18.5 Å². The van der Waals surface area contributed by atoms with Crippen molar-refractivity contribution in [2.75, 3.05) is 23.3 Å². The first-order valence-corrected chi connectivity index (χ1v) is 11.4. The van der Waals surface area contributed by atoms with Crippen LogP contribution in [0.3, 0.4) is 0 Å². The van der Waals surface area contributed by atoms with Crippen molar-refractivity contribution in [1.82, 2.24) is 14.8 Å². The Morgan fingerprint density at radius 2 is 1.70 bits per heavy atom. The van der Waals surface area contributed by atoms with Gasteiger partial charge in [-0.3, -0.25) is 9.78 Å². The summed E-state index contributed by atoms with van der Waals surface area (Å²) in [6.45, 7) is 4.48. The van der Waals surface area contributed by atoms with Crippen molar-refractivity contribution in [2.45, 2.75) is 19.8 Å². The van der Waals surface area contributed by atoms with E-state index >= 15 is 0 Å². The van der Waals surface area contributed by atoms with Gasteiger partial charge in [0.15, 0.2) is 0 Å². The third-order valence-corrected chi connectivity index (χ3v) is 6.19. The van der Waals surface area contributed by atoms with Gasteiger partial charge in [-0.25, -0.2) is 4.68 Å². The standard InChI is InChI=1S/C27H27N5O/c1-20-13-16-31(17-14-20)23-11-9-22(10-12-23)29-27(33)25-19-32(24-7-3-2-4-8-24)30-26(25)21-6-5-15-28-18-21/h2-12,15,18-20H,13-14,16-17H2,1H3,(H,29,33). The molecular weight excluding hydrogens is 410 g/mol. The van der Waals surface area contributed by atoms with Gasteiger partial charge in [-0.1, -0.05) is 25.1 Å². The first-order valence-electron chi connectivity index (χ1n) is 11.4. The van der Waals surface area contributed by atoms with Crippen molar-refractivity contribution in [3.8, 4) is 16.9 Å². The molecular formula is C27H27N5O. The molecule has 5 rings (SSSR count). The number of pyridine rings is 1. The monoisotopic (exact) mass is 437 g/mol. The highest BCUT2D eigenvalue weighted by molar-refractivity contribution is 6.08. The van der Waals surface area contributed by atoms with Crippen LogP contribution in [0.15, 0.2) is 85.3 Å². The van der Waals surface area contributed by atoms with Crippen LogP contribution < -0.4 is 10.2 Å². The van der Waals surface area contributed by atoms with Crippen molar-refractivity contribution in [2.24, 2.45) is 5.92 Å². The summed E-state index contributed by atoms with van der Waals surface area (Å²) in [6.07, 6.45) is 7.66. The molecule has 1 saturated heterocycles. The number of nitrogens with one attached hydrogen (secondary N) is 1. The maximum Gasteiger partial charge on any atom is 0.259 e. The summed E-state index contributed by atoms with van der Waals surface area (Å²) in [6, 6.07) is 21.6. The summed E-state index contributed by atoms with van der Waals surface area (Å²) in [5, 5.41) is 7.74. The van der Waals surface area contributed by atoms with Gasteiger partial charge in [-0.2, -0.15) is 5.10 Å². The maximum atomic E-state index is 13.3. The zero-order valence-electron chi connectivity index (χ0n) is 18.7. The Bertz CT molecular complexity index is 1210. The van der Waals surface area contributed by atoms with E-state index in [0.29, 0.717) is 11.3 Å². The molecule has 166 valence electrons. The minimum absolute atomic E-state index is 0.199. The van der Waals surface area contributed by atoms with Gasteiger partial charge in [0, 0.05) is 48.6 Å². The van der Waals surface area contributed by atoms with Gasteiger partial charge in [0.1, 0.15) is 5.69 Å². The first kappa shape index (κ1) is 20.9. The Morgan fingerprint density at radius 1 is 0.939 bits per heavy atom. The summed E-state index contributed by atoms with van der Waals surface area (Å²) in [7, 11) is 0. The summed E-state index contributed by atoms with van der Waals surface area (Å²) >= 11 is 0. The number of aromatic nitrogens is 3. The van der Waals surface area contributed by atoms with Crippen LogP contribution in [-0.2, 0) is 0 Å². The van der Waals surface area contributed by atoms with E-state index in [2.05, 4.69) is 34.3 Å². The molecule has 0 aliphatic carbocycles. The Kier molecular flexibility index (Phi) is 5.89. The molecule has 1 aliphatic rings. The maximum absolute atomic E-state index is 13.3. The van der Waals surface area contributed by atoms with E-state index in [1.54, 1.807) is 23.3 Å². The molecule has 1 amide bonds. The number of benzene rings is 2. The largest absolute Gasteiger partial charge is 0.372 e. The van der Waals surface area contributed by atoms with Gasteiger partial charge in [0.2, 0.25) is 0 Å². The molecule has 0 radical (unpaired) electrons. The molecule has 0 atom stereocenters. The van der Waals surface area contributed by atoms with Gasteiger partial charge < -0.3 is 10.2 Å². The average Bonchev–Trinajstić information content (AvgIpc) is 3.32. The number of anilines is 2. The molecule has 6 nitrogen and oxygen atoms in total. The van der Waals surface area contributed by atoms with Crippen molar-refractivity contribution in [3.63, 3.8) is 0 Å². The molecule has 0 spiro atoms.